The summed E-state index contributed by atoms with van der Waals surface area (Å²) in [5.74, 6) is 0. The van der Waals surface area contributed by atoms with Gasteiger partial charge in [0.2, 0.25) is 0 Å². The van der Waals surface area contributed by atoms with E-state index in [1.54, 1.807) is 24.1 Å². The van der Waals surface area contributed by atoms with Gasteiger partial charge in [0, 0.05) is 51.5 Å². The van der Waals surface area contributed by atoms with Crippen LogP contribution < -0.4 is 10.3 Å². The standard InChI is InChI=1S/C20H28N6O2/c1-28-20-21-7-6-17(22-20)15-25-10-8-24(9-11-25)12-13-26-19(27)14-16-4-2-3-5-18(16)23-26/h6-7,14H,2-5,8-13,15H2,1H3. The second kappa shape index (κ2) is 8.79. The number of piperazine rings is 1. The zero-order valence-corrected chi connectivity index (χ0v) is 16.5. The summed E-state index contributed by atoms with van der Waals surface area (Å²) < 4.78 is 6.75. The third-order valence-corrected chi connectivity index (χ3v) is 5.63. The Hall–Kier alpha value is -2.32. The molecule has 1 fully saturated rings. The van der Waals surface area contributed by atoms with Crippen molar-refractivity contribution in [3.05, 3.63) is 45.6 Å². The van der Waals surface area contributed by atoms with Crippen LogP contribution in [0.2, 0.25) is 0 Å². The van der Waals surface area contributed by atoms with Crippen molar-refractivity contribution in [2.45, 2.75) is 38.8 Å². The van der Waals surface area contributed by atoms with Gasteiger partial charge < -0.3 is 4.74 Å². The summed E-state index contributed by atoms with van der Waals surface area (Å²) in [5, 5.41) is 4.63. The molecule has 0 bridgehead atoms. The molecule has 0 N–H and O–H groups in total. The SMILES string of the molecule is COc1nccc(CN2CCN(CCn3nc4c(cc3=O)CCCC4)CC2)n1. The smallest absolute Gasteiger partial charge is 0.316 e. The number of nitrogens with zero attached hydrogens (tertiary/aromatic N) is 6. The number of rotatable bonds is 6. The van der Waals surface area contributed by atoms with E-state index < -0.39 is 0 Å². The summed E-state index contributed by atoms with van der Waals surface area (Å²) in [6, 6.07) is 4.15. The molecule has 2 aromatic rings. The van der Waals surface area contributed by atoms with Gasteiger partial charge in [-0.2, -0.15) is 10.1 Å². The fourth-order valence-electron chi connectivity index (χ4n) is 3.96. The molecule has 0 radical (unpaired) electrons. The molecule has 0 unspecified atom stereocenters. The van der Waals surface area contributed by atoms with Gasteiger partial charge >= 0.3 is 6.01 Å². The monoisotopic (exact) mass is 384 g/mol. The number of ether oxygens (including phenoxy) is 1. The molecule has 3 heterocycles. The second-order valence-corrected chi connectivity index (χ2v) is 7.54. The van der Waals surface area contributed by atoms with Crippen LogP contribution in [-0.4, -0.2) is 69.4 Å². The summed E-state index contributed by atoms with van der Waals surface area (Å²) >= 11 is 0. The van der Waals surface area contributed by atoms with Gasteiger partial charge in [-0.3, -0.25) is 14.6 Å². The lowest BCUT2D eigenvalue weighted by Crippen LogP contribution is -2.47. The number of hydrogen-bond acceptors (Lipinski definition) is 7. The predicted molar refractivity (Wildman–Crippen MR) is 105 cm³/mol. The van der Waals surface area contributed by atoms with E-state index >= 15 is 0 Å². The topological polar surface area (TPSA) is 76.4 Å². The molecule has 2 aromatic heterocycles. The van der Waals surface area contributed by atoms with Crippen molar-refractivity contribution in [1.29, 1.82) is 0 Å². The van der Waals surface area contributed by atoms with Gasteiger partial charge in [-0.25, -0.2) is 9.67 Å². The van der Waals surface area contributed by atoms with Crippen LogP contribution >= 0.6 is 0 Å². The molecule has 1 aliphatic heterocycles. The van der Waals surface area contributed by atoms with Crippen LogP contribution in [0.5, 0.6) is 6.01 Å². The normalized spacial score (nSPS) is 18.0. The number of aryl methyl sites for hydroxylation is 2. The molecule has 0 spiro atoms. The minimum atomic E-state index is 0.0389. The average molecular weight is 384 g/mol. The van der Waals surface area contributed by atoms with E-state index in [-0.39, 0.29) is 5.56 Å². The second-order valence-electron chi connectivity index (χ2n) is 7.54. The summed E-state index contributed by atoms with van der Waals surface area (Å²) in [5.41, 5.74) is 3.29. The van der Waals surface area contributed by atoms with Crippen molar-refractivity contribution < 1.29 is 4.74 Å². The fraction of sp³-hybridized carbons (Fsp3) is 0.600. The molecule has 0 atom stereocenters. The molecule has 0 saturated carbocycles. The molecule has 0 amide bonds. The van der Waals surface area contributed by atoms with E-state index in [1.165, 1.54) is 12.8 Å². The largest absolute Gasteiger partial charge is 0.467 e. The van der Waals surface area contributed by atoms with Crippen LogP contribution in [0, 0.1) is 0 Å². The average Bonchev–Trinajstić information content (AvgIpc) is 2.73. The Labute approximate surface area is 165 Å². The van der Waals surface area contributed by atoms with Crippen molar-refractivity contribution in [3.8, 4) is 6.01 Å². The maximum absolute atomic E-state index is 12.3. The van der Waals surface area contributed by atoms with Crippen LogP contribution in [0.15, 0.2) is 23.1 Å². The highest BCUT2D eigenvalue weighted by molar-refractivity contribution is 5.20. The maximum Gasteiger partial charge on any atom is 0.316 e. The molecular formula is C20H28N6O2. The van der Waals surface area contributed by atoms with E-state index in [0.29, 0.717) is 12.6 Å². The van der Waals surface area contributed by atoms with Crippen LogP contribution in [-0.2, 0) is 25.9 Å². The maximum atomic E-state index is 12.3. The lowest BCUT2D eigenvalue weighted by atomic mass is 9.97. The third kappa shape index (κ3) is 4.56. The molecule has 8 nitrogen and oxygen atoms in total. The summed E-state index contributed by atoms with van der Waals surface area (Å²) in [4.78, 5) is 25.6. The summed E-state index contributed by atoms with van der Waals surface area (Å²) in [7, 11) is 1.58. The zero-order chi connectivity index (χ0) is 19.3. The van der Waals surface area contributed by atoms with Gasteiger partial charge in [-0.05, 0) is 37.3 Å². The Morgan fingerprint density at radius 3 is 2.68 bits per heavy atom. The summed E-state index contributed by atoms with van der Waals surface area (Å²) in [6.45, 7) is 6.27. The van der Waals surface area contributed by atoms with E-state index in [2.05, 4.69) is 24.9 Å². The van der Waals surface area contributed by atoms with Gasteiger partial charge in [-0.15, -0.1) is 0 Å². The Morgan fingerprint density at radius 1 is 1.07 bits per heavy atom. The number of aromatic nitrogens is 4. The van der Waals surface area contributed by atoms with Gasteiger partial charge in [0.1, 0.15) is 0 Å². The molecule has 150 valence electrons. The van der Waals surface area contributed by atoms with Crippen molar-refractivity contribution in [2.24, 2.45) is 0 Å². The molecule has 8 heteroatoms. The first-order valence-corrected chi connectivity index (χ1v) is 10.1. The van der Waals surface area contributed by atoms with Crippen molar-refractivity contribution in [1.82, 2.24) is 29.5 Å². The highest BCUT2D eigenvalue weighted by Gasteiger charge is 2.18. The Kier molecular flexibility index (Phi) is 5.97. The van der Waals surface area contributed by atoms with Crippen molar-refractivity contribution >= 4 is 0 Å². The number of hydrogen-bond donors (Lipinski definition) is 0. The third-order valence-electron chi connectivity index (χ3n) is 5.63. The fourth-order valence-corrected chi connectivity index (χ4v) is 3.96. The Bertz CT molecular complexity index is 860. The molecular weight excluding hydrogens is 356 g/mol. The highest BCUT2D eigenvalue weighted by atomic mass is 16.5. The predicted octanol–water partition coefficient (Wildman–Crippen LogP) is 0.739. The molecule has 0 aromatic carbocycles. The van der Waals surface area contributed by atoms with Crippen LogP contribution in [0.4, 0.5) is 0 Å². The molecule has 4 rings (SSSR count). The van der Waals surface area contributed by atoms with Crippen molar-refractivity contribution in [3.63, 3.8) is 0 Å². The molecule has 1 saturated heterocycles. The van der Waals surface area contributed by atoms with E-state index in [1.807, 2.05) is 6.07 Å². The lowest BCUT2D eigenvalue weighted by molar-refractivity contribution is 0.121. The van der Waals surface area contributed by atoms with Gasteiger partial charge in [0.25, 0.3) is 5.56 Å². The highest BCUT2D eigenvalue weighted by Crippen LogP contribution is 2.17. The minimum Gasteiger partial charge on any atom is -0.467 e. The quantitative estimate of drug-likeness (QED) is 0.727. The zero-order valence-electron chi connectivity index (χ0n) is 16.5. The van der Waals surface area contributed by atoms with Crippen molar-refractivity contribution in [2.75, 3.05) is 39.8 Å². The minimum absolute atomic E-state index is 0.0389. The van der Waals surface area contributed by atoms with E-state index in [9.17, 15) is 4.79 Å². The van der Waals surface area contributed by atoms with Gasteiger partial charge in [-0.1, -0.05) is 0 Å². The molecule has 1 aliphatic carbocycles. The summed E-state index contributed by atoms with van der Waals surface area (Å²) in [6.07, 6.45) is 6.09. The number of fused-ring (bicyclic) bond motifs is 1. The first-order chi connectivity index (χ1) is 13.7. The first kappa shape index (κ1) is 19.0. The van der Waals surface area contributed by atoms with Crippen LogP contribution in [0.25, 0.3) is 0 Å². The van der Waals surface area contributed by atoms with Gasteiger partial charge in [0.15, 0.2) is 0 Å². The van der Waals surface area contributed by atoms with E-state index in [0.717, 1.165) is 69.1 Å². The Balaban J connectivity index is 1.27. The van der Waals surface area contributed by atoms with Crippen LogP contribution in [0.1, 0.15) is 29.8 Å². The molecule has 2 aliphatic rings. The molecule has 28 heavy (non-hydrogen) atoms. The van der Waals surface area contributed by atoms with Gasteiger partial charge in [0.05, 0.1) is 25.0 Å². The van der Waals surface area contributed by atoms with E-state index in [4.69, 9.17) is 4.74 Å². The number of methoxy groups -OCH3 is 1. The lowest BCUT2D eigenvalue weighted by Gasteiger charge is -2.34. The first-order valence-electron chi connectivity index (χ1n) is 10.1. The van der Waals surface area contributed by atoms with Crippen LogP contribution in [0.3, 0.4) is 0 Å². The Morgan fingerprint density at radius 2 is 1.86 bits per heavy atom.